The number of aryl methyl sites for hydroxylation is 1. The van der Waals surface area contributed by atoms with Gasteiger partial charge in [-0.1, -0.05) is 0 Å². The average Bonchev–Trinajstić information content (AvgIpc) is 3.16. The lowest BCUT2D eigenvalue weighted by Gasteiger charge is -2.28. The molecule has 0 aromatic carbocycles. The van der Waals surface area contributed by atoms with Crippen molar-refractivity contribution in [3.05, 3.63) is 12.2 Å². The first-order valence-corrected chi connectivity index (χ1v) is 7.71. The normalized spacial score (nSPS) is 23.1. The van der Waals surface area contributed by atoms with E-state index in [0.29, 0.717) is 6.04 Å². The Labute approximate surface area is 123 Å². The molecule has 112 valence electrons. The van der Waals surface area contributed by atoms with E-state index in [2.05, 4.69) is 37.1 Å². The van der Waals surface area contributed by atoms with E-state index >= 15 is 0 Å². The van der Waals surface area contributed by atoms with Gasteiger partial charge in [0.2, 0.25) is 0 Å². The van der Waals surface area contributed by atoms with Crippen LogP contribution in [0.2, 0.25) is 0 Å². The molecule has 2 aromatic rings. The predicted octanol–water partition coefficient (Wildman–Crippen LogP) is 0.197. The predicted molar refractivity (Wildman–Crippen MR) is 81.4 cm³/mol. The first-order chi connectivity index (χ1) is 10.3. The second-order valence-corrected chi connectivity index (χ2v) is 5.78. The number of rotatable bonds is 2. The summed E-state index contributed by atoms with van der Waals surface area (Å²) in [7, 11) is 2.05. The maximum absolute atomic E-state index is 4.88. The molecule has 2 aliphatic rings. The van der Waals surface area contributed by atoms with Crippen LogP contribution in [0.1, 0.15) is 24.7 Å². The molecule has 2 aliphatic heterocycles. The first kappa shape index (κ1) is 13.0. The molecule has 0 saturated carbocycles. The quantitative estimate of drug-likeness (QED) is 0.822. The zero-order chi connectivity index (χ0) is 14.2. The zero-order valence-electron chi connectivity index (χ0n) is 12.3. The van der Waals surface area contributed by atoms with Gasteiger partial charge in [0.15, 0.2) is 17.0 Å². The highest BCUT2D eigenvalue weighted by Gasteiger charge is 2.25. The molecular formula is C14H21N7. The van der Waals surface area contributed by atoms with Gasteiger partial charge >= 0.3 is 0 Å². The van der Waals surface area contributed by atoms with E-state index in [1.54, 1.807) is 6.33 Å². The molecule has 2 N–H and O–H groups in total. The number of nitrogens with one attached hydrogen (secondary N) is 2. The molecule has 2 fully saturated rings. The molecule has 2 aromatic heterocycles. The fraction of sp³-hybridized carbons (Fsp3) is 0.643. The van der Waals surface area contributed by atoms with E-state index in [4.69, 9.17) is 4.98 Å². The van der Waals surface area contributed by atoms with Gasteiger partial charge in [-0.3, -0.25) is 0 Å². The molecule has 1 unspecified atom stereocenters. The van der Waals surface area contributed by atoms with E-state index in [-0.39, 0.29) is 0 Å². The molecule has 0 spiro atoms. The van der Waals surface area contributed by atoms with E-state index in [9.17, 15) is 0 Å². The van der Waals surface area contributed by atoms with Crippen molar-refractivity contribution in [3.63, 3.8) is 0 Å². The summed E-state index contributed by atoms with van der Waals surface area (Å²) in [5.41, 5.74) is 1.87. The minimum atomic E-state index is 0.347. The highest BCUT2D eigenvalue weighted by molar-refractivity contribution is 5.84. The lowest BCUT2D eigenvalue weighted by atomic mass is 10.2. The van der Waals surface area contributed by atoms with E-state index in [1.807, 2.05) is 0 Å². The third kappa shape index (κ3) is 2.16. The monoisotopic (exact) mass is 287 g/mol. The minimum Gasteiger partial charge on any atom is -0.352 e. The molecule has 7 heteroatoms. The summed E-state index contributed by atoms with van der Waals surface area (Å²) >= 11 is 0. The SMILES string of the molecule is Cn1c(C2CCCN2)nc2c(N3CCNCC3)ncnc21. The van der Waals surface area contributed by atoms with Crippen LogP contribution in [0, 0.1) is 0 Å². The van der Waals surface area contributed by atoms with Crippen LogP contribution in [0.5, 0.6) is 0 Å². The number of fused-ring (bicyclic) bond motifs is 1. The molecular weight excluding hydrogens is 266 g/mol. The van der Waals surface area contributed by atoms with Gasteiger partial charge in [-0.15, -0.1) is 0 Å². The van der Waals surface area contributed by atoms with E-state index in [0.717, 1.165) is 62.0 Å². The Morgan fingerprint density at radius 3 is 2.81 bits per heavy atom. The van der Waals surface area contributed by atoms with Gasteiger partial charge in [0.05, 0.1) is 6.04 Å². The van der Waals surface area contributed by atoms with E-state index in [1.165, 1.54) is 6.42 Å². The molecule has 1 atom stereocenters. The van der Waals surface area contributed by atoms with Crippen molar-refractivity contribution in [2.75, 3.05) is 37.6 Å². The van der Waals surface area contributed by atoms with Crippen molar-refractivity contribution in [1.29, 1.82) is 0 Å². The van der Waals surface area contributed by atoms with Crippen LogP contribution in [0.4, 0.5) is 5.82 Å². The zero-order valence-corrected chi connectivity index (χ0v) is 12.3. The molecule has 0 aliphatic carbocycles. The molecule has 0 radical (unpaired) electrons. The minimum absolute atomic E-state index is 0.347. The number of piperazine rings is 1. The first-order valence-electron chi connectivity index (χ1n) is 7.71. The highest BCUT2D eigenvalue weighted by atomic mass is 15.3. The molecule has 0 bridgehead atoms. The summed E-state index contributed by atoms with van der Waals surface area (Å²) in [5.74, 6) is 2.06. The van der Waals surface area contributed by atoms with Gasteiger partial charge in [-0.25, -0.2) is 15.0 Å². The largest absolute Gasteiger partial charge is 0.352 e. The molecule has 21 heavy (non-hydrogen) atoms. The van der Waals surface area contributed by atoms with Crippen molar-refractivity contribution in [2.24, 2.45) is 7.05 Å². The Morgan fingerprint density at radius 1 is 1.19 bits per heavy atom. The number of imidazole rings is 1. The second-order valence-electron chi connectivity index (χ2n) is 5.78. The summed E-state index contributed by atoms with van der Waals surface area (Å²) < 4.78 is 2.12. The number of hydrogen-bond acceptors (Lipinski definition) is 6. The van der Waals surface area contributed by atoms with Crippen LogP contribution in [0.3, 0.4) is 0 Å². The Balaban J connectivity index is 1.79. The van der Waals surface area contributed by atoms with Gasteiger partial charge < -0.3 is 20.1 Å². The fourth-order valence-corrected chi connectivity index (χ4v) is 3.33. The summed E-state index contributed by atoms with van der Waals surface area (Å²) in [6, 6.07) is 0.347. The molecule has 0 amide bonds. The topological polar surface area (TPSA) is 70.9 Å². The number of nitrogens with zero attached hydrogens (tertiary/aromatic N) is 5. The van der Waals surface area contributed by atoms with Crippen LogP contribution in [0.15, 0.2) is 6.33 Å². The summed E-state index contributed by atoms with van der Waals surface area (Å²) in [6.07, 6.45) is 4.02. The van der Waals surface area contributed by atoms with Crippen LogP contribution < -0.4 is 15.5 Å². The summed E-state index contributed by atoms with van der Waals surface area (Å²) in [6.45, 7) is 5.01. The van der Waals surface area contributed by atoms with Crippen molar-refractivity contribution in [2.45, 2.75) is 18.9 Å². The standard InChI is InChI=1S/C14H21N7/c1-20-12(10-3-2-4-16-10)19-11-13(20)17-9-18-14(11)21-7-5-15-6-8-21/h9-10,15-16H,2-8H2,1H3. The van der Waals surface area contributed by atoms with Crippen molar-refractivity contribution in [3.8, 4) is 0 Å². The van der Waals surface area contributed by atoms with Gasteiger partial charge in [0.25, 0.3) is 0 Å². The molecule has 4 rings (SSSR count). The lowest BCUT2D eigenvalue weighted by molar-refractivity contribution is 0.582. The van der Waals surface area contributed by atoms with Crippen LogP contribution in [-0.4, -0.2) is 52.2 Å². The van der Waals surface area contributed by atoms with Gasteiger partial charge in [-0.05, 0) is 19.4 Å². The van der Waals surface area contributed by atoms with Crippen LogP contribution >= 0.6 is 0 Å². The Morgan fingerprint density at radius 2 is 2.05 bits per heavy atom. The third-order valence-electron chi connectivity index (χ3n) is 4.46. The number of anilines is 1. The summed E-state index contributed by atoms with van der Waals surface area (Å²) in [5, 5.41) is 6.89. The maximum Gasteiger partial charge on any atom is 0.165 e. The lowest BCUT2D eigenvalue weighted by Crippen LogP contribution is -2.44. The fourth-order valence-electron chi connectivity index (χ4n) is 3.33. The molecule has 7 nitrogen and oxygen atoms in total. The second kappa shape index (κ2) is 5.23. The van der Waals surface area contributed by atoms with E-state index < -0.39 is 0 Å². The van der Waals surface area contributed by atoms with Gasteiger partial charge in [0.1, 0.15) is 12.2 Å². The third-order valence-corrected chi connectivity index (χ3v) is 4.46. The Hall–Kier alpha value is -1.73. The average molecular weight is 287 g/mol. The van der Waals surface area contributed by atoms with Crippen LogP contribution in [-0.2, 0) is 7.05 Å². The highest BCUT2D eigenvalue weighted by Crippen LogP contribution is 2.28. The van der Waals surface area contributed by atoms with Crippen molar-refractivity contribution in [1.82, 2.24) is 30.2 Å². The van der Waals surface area contributed by atoms with Gasteiger partial charge in [-0.2, -0.15) is 0 Å². The maximum atomic E-state index is 4.88. The van der Waals surface area contributed by atoms with Gasteiger partial charge in [0, 0.05) is 33.2 Å². The number of aromatic nitrogens is 4. The Kier molecular flexibility index (Phi) is 3.23. The molecule has 2 saturated heterocycles. The molecule has 4 heterocycles. The van der Waals surface area contributed by atoms with Crippen molar-refractivity contribution >= 4 is 17.0 Å². The Bertz CT molecular complexity index is 638. The van der Waals surface area contributed by atoms with Crippen LogP contribution in [0.25, 0.3) is 11.2 Å². The smallest absolute Gasteiger partial charge is 0.165 e. The number of hydrogen-bond donors (Lipinski definition) is 2. The van der Waals surface area contributed by atoms with Crippen molar-refractivity contribution < 1.29 is 0 Å². The summed E-state index contributed by atoms with van der Waals surface area (Å²) in [4.78, 5) is 16.1.